The molecule has 0 radical (unpaired) electrons. The van der Waals surface area contributed by atoms with Crippen LogP contribution in [-0.2, 0) is 9.59 Å². The van der Waals surface area contributed by atoms with Crippen molar-refractivity contribution in [3.8, 4) is 0 Å². The molecule has 1 unspecified atom stereocenters. The van der Waals surface area contributed by atoms with Crippen LogP contribution in [0.3, 0.4) is 0 Å². The van der Waals surface area contributed by atoms with Gasteiger partial charge in [-0.15, -0.1) is 0 Å². The number of carboxylic acid groups (broad SMARTS) is 1. The number of aliphatic hydroxyl groups is 2. The van der Waals surface area contributed by atoms with Gasteiger partial charge in [-0.2, -0.15) is 11.8 Å². The van der Waals surface area contributed by atoms with E-state index in [9.17, 15) is 19.8 Å². The molecule has 5 rings (SSSR count). The third-order valence-electron chi connectivity index (χ3n) is 16.5. The molecule has 0 aromatic carbocycles. The molecule has 6 nitrogen and oxygen atoms in total. The van der Waals surface area contributed by atoms with Crippen LogP contribution in [0.25, 0.3) is 0 Å². The van der Waals surface area contributed by atoms with E-state index in [4.69, 9.17) is 5.11 Å². The fourth-order valence-corrected chi connectivity index (χ4v) is 14.4. The molecule has 0 saturated heterocycles. The molecule has 5 saturated carbocycles. The predicted octanol–water partition coefficient (Wildman–Crippen LogP) is 9.42. The number of carbonyl (C=O) groups excluding carboxylic acids is 1. The van der Waals surface area contributed by atoms with E-state index in [-0.39, 0.29) is 46.2 Å². The number of hydrogen-bond donors (Lipinski definition) is 4. The highest BCUT2D eigenvalue weighted by Crippen LogP contribution is 2.77. The minimum atomic E-state index is -0.695. The van der Waals surface area contributed by atoms with Crippen molar-refractivity contribution in [1.29, 1.82) is 0 Å². The molecule has 5 aliphatic carbocycles. The number of aliphatic carboxylic acids is 1. The van der Waals surface area contributed by atoms with E-state index in [1.54, 1.807) is 11.8 Å². The molecule has 0 aromatic rings. The standard InChI is InChI=1S/C43H73NO5S/c1-30(29-50-28-27-45)31-18-23-43(38(49)44-26-14-12-10-8-7-9-11-13-15-36(47)48)25-24-41(5)32(37(31)43)16-17-34-40(4)21-20-35(46)39(2,3)33(40)19-22-42(34,41)6/h31-35,37,45-46H,1,7-29H2,2-6H3,(H,44,49)(H,47,48)/t31-,32+,33-,34?,35-,37+,40-,41+,42+,43-/m0/s1. The van der Waals surface area contributed by atoms with Crippen LogP contribution in [0.15, 0.2) is 12.2 Å². The Labute approximate surface area is 309 Å². The van der Waals surface area contributed by atoms with Gasteiger partial charge in [0.25, 0.3) is 0 Å². The number of amides is 1. The van der Waals surface area contributed by atoms with Gasteiger partial charge >= 0.3 is 5.97 Å². The molecule has 0 spiro atoms. The van der Waals surface area contributed by atoms with Crippen LogP contribution in [0.2, 0.25) is 0 Å². The summed E-state index contributed by atoms with van der Waals surface area (Å²) in [5.74, 6) is 3.63. The van der Waals surface area contributed by atoms with E-state index in [0.29, 0.717) is 35.5 Å². The molecular formula is C43H73NO5S. The van der Waals surface area contributed by atoms with Gasteiger partial charge in [-0.25, -0.2) is 0 Å². The number of rotatable bonds is 17. The van der Waals surface area contributed by atoms with Crippen LogP contribution in [0.4, 0.5) is 0 Å². The Balaban J connectivity index is 1.28. The molecule has 50 heavy (non-hydrogen) atoms. The lowest BCUT2D eigenvalue weighted by molar-refractivity contribution is -0.246. The van der Waals surface area contributed by atoms with Gasteiger partial charge < -0.3 is 20.6 Å². The average molecular weight is 716 g/mol. The van der Waals surface area contributed by atoms with E-state index in [1.165, 1.54) is 44.1 Å². The summed E-state index contributed by atoms with van der Waals surface area (Å²) >= 11 is 1.79. The smallest absolute Gasteiger partial charge is 0.303 e. The quantitative estimate of drug-likeness (QED) is 0.0884. The van der Waals surface area contributed by atoms with E-state index < -0.39 is 5.97 Å². The second kappa shape index (κ2) is 16.1. The molecule has 5 fully saturated rings. The minimum absolute atomic E-state index is 0.0459. The monoisotopic (exact) mass is 716 g/mol. The number of unbranched alkanes of at least 4 members (excludes halogenated alkanes) is 7. The maximum Gasteiger partial charge on any atom is 0.303 e. The lowest BCUT2D eigenvalue weighted by Gasteiger charge is -2.72. The van der Waals surface area contributed by atoms with Gasteiger partial charge in [0.15, 0.2) is 0 Å². The number of carboxylic acids is 1. The normalized spacial score (nSPS) is 40.2. The highest BCUT2D eigenvalue weighted by atomic mass is 32.2. The Kier molecular flexibility index (Phi) is 12.9. The highest BCUT2D eigenvalue weighted by Gasteiger charge is 2.71. The van der Waals surface area contributed by atoms with Crippen LogP contribution in [-0.4, -0.2) is 58.0 Å². The average Bonchev–Trinajstić information content (AvgIpc) is 3.47. The summed E-state index contributed by atoms with van der Waals surface area (Å²) in [6, 6.07) is 0. The van der Waals surface area contributed by atoms with Gasteiger partial charge in [-0.05, 0) is 128 Å². The van der Waals surface area contributed by atoms with Crippen LogP contribution in [0.1, 0.15) is 157 Å². The van der Waals surface area contributed by atoms with Gasteiger partial charge in [0.05, 0.1) is 18.1 Å². The van der Waals surface area contributed by atoms with Gasteiger partial charge in [-0.1, -0.05) is 85.3 Å². The van der Waals surface area contributed by atoms with Crippen LogP contribution in [0, 0.1) is 56.7 Å². The first-order valence-electron chi connectivity index (χ1n) is 20.7. The zero-order chi connectivity index (χ0) is 36.4. The number of aliphatic hydroxyl groups excluding tert-OH is 2. The molecule has 286 valence electrons. The lowest BCUT2D eigenvalue weighted by Crippen LogP contribution is -2.67. The van der Waals surface area contributed by atoms with Crippen molar-refractivity contribution in [1.82, 2.24) is 5.32 Å². The van der Waals surface area contributed by atoms with Crippen molar-refractivity contribution in [3.63, 3.8) is 0 Å². The number of nitrogens with one attached hydrogen (secondary N) is 1. The zero-order valence-corrected chi connectivity index (χ0v) is 33.3. The van der Waals surface area contributed by atoms with E-state index in [2.05, 4.69) is 46.5 Å². The molecule has 0 bridgehead atoms. The van der Waals surface area contributed by atoms with Crippen molar-refractivity contribution >= 4 is 23.6 Å². The molecule has 1 amide bonds. The Morgan fingerprint density at radius 2 is 1.46 bits per heavy atom. The maximum atomic E-state index is 14.6. The largest absolute Gasteiger partial charge is 0.481 e. The van der Waals surface area contributed by atoms with E-state index in [1.807, 2.05) is 0 Å². The summed E-state index contributed by atoms with van der Waals surface area (Å²) in [5, 5.41) is 32.9. The van der Waals surface area contributed by atoms with Crippen molar-refractivity contribution in [2.75, 3.05) is 24.7 Å². The molecule has 5 aliphatic rings. The predicted molar refractivity (Wildman–Crippen MR) is 206 cm³/mol. The SMILES string of the molecule is C=C(CSCCO)[C@@H]1CC[C@]2(C(=O)NCCCCCCCCCCC(=O)O)CC[C@]3(C)[C@H](CCC4[C@@]5(C)CC[C@H](O)C(C)(C)[C@@H]5CC[C@]43C)[C@@H]12. The van der Waals surface area contributed by atoms with Crippen LogP contribution in [0.5, 0.6) is 0 Å². The number of hydrogen-bond acceptors (Lipinski definition) is 5. The van der Waals surface area contributed by atoms with Crippen LogP contribution < -0.4 is 5.32 Å². The summed E-state index contributed by atoms with van der Waals surface area (Å²) < 4.78 is 0. The Morgan fingerprint density at radius 3 is 2.14 bits per heavy atom. The maximum absolute atomic E-state index is 14.6. The summed E-state index contributed by atoms with van der Waals surface area (Å²) in [4.78, 5) is 25.3. The number of thioether (sulfide) groups is 1. The molecule has 0 aliphatic heterocycles. The lowest BCUT2D eigenvalue weighted by atomic mass is 9.32. The first kappa shape index (κ1) is 40.1. The molecule has 0 heterocycles. The second-order valence-electron chi connectivity index (χ2n) is 19.0. The summed E-state index contributed by atoms with van der Waals surface area (Å²) in [7, 11) is 0. The second-order valence-corrected chi connectivity index (χ2v) is 20.1. The summed E-state index contributed by atoms with van der Waals surface area (Å²) in [5.41, 5.74) is 1.58. The zero-order valence-electron chi connectivity index (χ0n) is 32.5. The van der Waals surface area contributed by atoms with Crippen LogP contribution >= 0.6 is 11.8 Å². The molecule has 0 aromatic heterocycles. The summed E-state index contributed by atoms with van der Waals surface area (Å²) in [6.07, 6.45) is 19.7. The molecule has 7 heteroatoms. The number of fused-ring (bicyclic) bond motifs is 7. The molecule has 4 N–H and O–H groups in total. The number of carbonyl (C=O) groups is 2. The van der Waals surface area contributed by atoms with Gasteiger partial charge in [0.1, 0.15) is 0 Å². The van der Waals surface area contributed by atoms with Crippen molar-refractivity contribution < 1.29 is 24.9 Å². The minimum Gasteiger partial charge on any atom is -0.481 e. The Hall–Kier alpha value is -1.05. The fraction of sp³-hybridized carbons (Fsp3) is 0.907. The third-order valence-corrected chi connectivity index (χ3v) is 17.6. The first-order valence-corrected chi connectivity index (χ1v) is 21.9. The van der Waals surface area contributed by atoms with Crippen molar-refractivity contribution in [3.05, 3.63) is 12.2 Å². The van der Waals surface area contributed by atoms with Crippen molar-refractivity contribution in [2.45, 2.75) is 163 Å². The Morgan fingerprint density at radius 1 is 0.780 bits per heavy atom. The molecule has 10 atom stereocenters. The topological polar surface area (TPSA) is 107 Å². The highest BCUT2D eigenvalue weighted by molar-refractivity contribution is 7.99. The first-order chi connectivity index (χ1) is 23.7. The van der Waals surface area contributed by atoms with Crippen molar-refractivity contribution in [2.24, 2.45) is 56.7 Å². The Bertz CT molecular complexity index is 1210. The van der Waals surface area contributed by atoms with Gasteiger partial charge in [-0.3, -0.25) is 9.59 Å². The molecular weight excluding hydrogens is 643 g/mol. The third kappa shape index (κ3) is 7.25. The summed E-state index contributed by atoms with van der Waals surface area (Å²) in [6.45, 7) is 18.2. The van der Waals surface area contributed by atoms with Gasteiger partial charge in [0, 0.05) is 24.5 Å². The van der Waals surface area contributed by atoms with E-state index >= 15 is 0 Å². The van der Waals surface area contributed by atoms with E-state index in [0.717, 1.165) is 95.1 Å². The fourth-order valence-electron chi connectivity index (χ4n) is 13.6. The van der Waals surface area contributed by atoms with Gasteiger partial charge in [0.2, 0.25) is 5.91 Å².